The summed E-state index contributed by atoms with van der Waals surface area (Å²) in [6.45, 7) is 5.53. The number of rotatable bonds is 6. The minimum atomic E-state index is -0.179. The average molecular weight is 375 g/mol. The van der Waals surface area contributed by atoms with E-state index in [0.717, 1.165) is 39.9 Å². The lowest BCUT2D eigenvalue weighted by molar-refractivity contribution is 0.0715. The van der Waals surface area contributed by atoms with Crippen LogP contribution < -0.4 is 14.8 Å². The summed E-state index contributed by atoms with van der Waals surface area (Å²) in [5, 5.41) is 4.10. The van der Waals surface area contributed by atoms with Crippen molar-refractivity contribution in [2.45, 2.75) is 39.3 Å². The maximum absolute atomic E-state index is 12.4. The topological polar surface area (TPSA) is 63.7 Å². The van der Waals surface area contributed by atoms with Gasteiger partial charge in [0.25, 0.3) is 0 Å². The summed E-state index contributed by atoms with van der Waals surface area (Å²) in [4.78, 5) is 19.7. The predicted octanol–water partition coefficient (Wildman–Crippen LogP) is 3.39. The number of para-hydroxylation sites is 2. The molecular formula is C19H25N3O3S. The second kappa shape index (κ2) is 8.40. The minimum Gasteiger partial charge on any atom is -0.486 e. The molecule has 0 saturated carbocycles. The summed E-state index contributed by atoms with van der Waals surface area (Å²) in [5.74, 6) is 1.47. The lowest BCUT2D eigenvalue weighted by Gasteiger charge is -2.29. The molecule has 2 heterocycles. The summed E-state index contributed by atoms with van der Waals surface area (Å²) in [6, 6.07) is 7.45. The molecule has 1 N–H and O–H groups in total. The van der Waals surface area contributed by atoms with Crippen LogP contribution in [0.4, 0.5) is 4.79 Å². The van der Waals surface area contributed by atoms with Crippen molar-refractivity contribution in [1.82, 2.24) is 15.2 Å². The number of nitrogens with zero attached hydrogens (tertiary/aromatic N) is 2. The number of hydrogen-bond acceptors (Lipinski definition) is 5. The Morgan fingerprint density at radius 1 is 1.38 bits per heavy atom. The Kier molecular flexibility index (Phi) is 5.98. The summed E-state index contributed by atoms with van der Waals surface area (Å²) in [5.41, 5.74) is 1.00. The number of likely N-dealkylation sites (N-methyl/N-ethyl adjacent to an activating group) is 1. The van der Waals surface area contributed by atoms with Crippen molar-refractivity contribution in [2.75, 3.05) is 20.2 Å². The molecule has 1 aliphatic heterocycles. The van der Waals surface area contributed by atoms with Gasteiger partial charge in [0.2, 0.25) is 0 Å². The van der Waals surface area contributed by atoms with Gasteiger partial charge in [0, 0.05) is 11.9 Å². The largest absolute Gasteiger partial charge is 0.486 e. The number of amides is 2. The van der Waals surface area contributed by atoms with Gasteiger partial charge >= 0.3 is 6.03 Å². The van der Waals surface area contributed by atoms with Gasteiger partial charge in [0.15, 0.2) is 17.6 Å². The van der Waals surface area contributed by atoms with Crippen LogP contribution in [0.2, 0.25) is 0 Å². The average Bonchev–Trinajstić information content (AvgIpc) is 2.99. The number of thiazole rings is 1. The van der Waals surface area contributed by atoms with Gasteiger partial charge in [-0.3, -0.25) is 0 Å². The number of benzene rings is 1. The van der Waals surface area contributed by atoms with E-state index >= 15 is 0 Å². The Hall–Kier alpha value is -2.28. The third kappa shape index (κ3) is 4.46. The van der Waals surface area contributed by atoms with Crippen LogP contribution >= 0.6 is 11.3 Å². The van der Waals surface area contributed by atoms with E-state index in [9.17, 15) is 4.79 Å². The second-order valence-electron chi connectivity index (χ2n) is 6.40. The molecule has 3 rings (SSSR count). The van der Waals surface area contributed by atoms with E-state index in [1.807, 2.05) is 31.2 Å². The van der Waals surface area contributed by atoms with Crippen molar-refractivity contribution in [3.05, 3.63) is 39.8 Å². The maximum atomic E-state index is 12.4. The second-order valence-corrected chi connectivity index (χ2v) is 7.57. The Labute approximate surface area is 158 Å². The number of hydrogen-bond donors (Lipinski definition) is 1. The van der Waals surface area contributed by atoms with E-state index in [2.05, 4.69) is 17.2 Å². The highest BCUT2D eigenvalue weighted by atomic mass is 32.1. The molecular weight excluding hydrogens is 350 g/mol. The van der Waals surface area contributed by atoms with Gasteiger partial charge in [-0.15, -0.1) is 11.3 Å². The standard InChI is InChI=1S/C19H25N3O3S/c1-4-7-18-21-13(2)17(26-18)10-20-19(23)22(3)11-14-12-24-15-8-5-6-9-16(15)25-14/h5-6,8-9,14H,4,7,10-12H2,1-3H3,(H,20,23)/t14-/m0/s1. The van der Waals surface area contributed by atoms with Crippen molar-refractivity contribution in [3.63, 3.8) is 0 Å². The highest BCUT2D eigenvalue weighted by Gasteiger charge is 2.23. The number of carbonyl (C=O) groups excluding carboxylic acids is 1. The number of aromatic nitrogens is 1. The summed E-state index contributed by atoms with van der Waals surface area (Å²) >= 11 is 1.68. The number of nitrogens with one attached hydrogen (secondary N) is 1. The molecule has 0 bridgehead atoms. The first-order valence-corrected chi connectivity index (χ1v) is 9.71. The van der Waals surface area contributed by atoms with E-state index in [4.69, 9.17) is 9.47 Å². The molecule has 140 valence electrons. The third-order valence-corrected chi connectivity index (χ3v) is 5.41. The van der Waals surface area contributed by atoms with Crippen molar-refractivity contribution in [2.24, 2.45) is 0 Å². The van der Waals surface area contributed by atoms with Gasteiger partial charge < -0.3 is 19.7 Å². The van der Waals surface area contributed by atoms with Crippen LogP contribution in [0.15, 0.2) is 24.3 Å². The number of fused-ring (bicyclic) bond motifs is 1. The first-order chi connectivity index (χ1) is 12.6. The number of aryl methyl sites for hydroxylation is 2. The fourth-order valence-corrected chi connectivity index (χ4v) is 3.92. The minimum absolute atomic E-state index is 0.127. The first-order valence-electron chi connectivity index (χ1n) is 8.89. The van der Waals surface area contributed by atoms with Crippen molar-refractivity contribution >= 4 is 17.4 Å². The molecule has 0 spiro atoms. The van der Waals surface area contributed by atoms with Crippen LogP contribution in [0.3, 0.4) is 0 Å². The molecule has 2 aromatic rings. The SMILES string of the molecule is CCCc1nc(C)c(CNC(=O)N(C)C[C@H]2COc3ccccc3O2)s1. The molecule has 0 aliphatic carbocycles. The molecule has 1 aliphatic rings. The first kappa shape index (κ1) is 18.5. The predicted molar refractivity (Wildman–Crippen MR) is 102 cm³/mol. The quantitative estimate of drug-likeness (QED) is 0.841. The van der Waals surface area contributed by atoms with Gasteiger partial charge in [0.1, 0.15) is 6.61 Å². The molecule has 6 nitrogen and oxygen atoms in total. The number of ether oxygens (including phenoxy) is 2. The zero-order chi connectivity index (χ0) is 18.5. The van der Waals surface area contributed by atoms with Gasteiger partial charge in [0.05, 0.1) is 23.8 Å². The fraction of sp³-hybridized carbons (Fsp3) is 0.474. The van der Waals surface area contributed by atoms with E-state index in [-0.39, 0.29) is 12.1 Å². The van der Waals surface area contributed by atoms with Crippen molar-refractivity contribution < 1.29 is 14.3 Å². The van der Waals surface area contributed by atoms with E-state index in [0.29, 0.717) is 19.7 Å². The van der Waals surface area contributed by atoms with E-state index in [1.54, 1.807) is 23.3 Å². The van der Waals surface area contributed by atoms with Crippen molar-refractivity contribution in [3.8, 4) is 11.5 Å². The molecule has 0 unspecified atom stereocenters. The van der Waals surface area contributed by atoms with Gasteiger partial charge in [-0.1, -0.05) is 19.1 Å². The van der Waals surface area contributed by atoms with Crippen LogP contribution in [0.25, 0.3) is 0 Å². The van der Waals surface area contributed by atoms with E-state index < -0.39 is 0 Å². The molecule has 1 aromatic heterocycles. The summed E-state index contributed by atoms with van der Waals surface area (Å²) in [6.07, 6.45) is 1.88. The third-order valence-electron chi connectivity index (χ3n) is 4.19. The molecule has 0 saturated heterocycles. The Balaban J connectivity index is 1.49. The van der Waals surface area contributed by atoms with Crippen LogP contribution in [-0.4, -0.2) is 42.2 Å². The molecule has 0 radical (unpaired) electrons. The smallest absolute Gasteiger partial charge is 0.317 e. The summed E-state index contributed by atoms with van der Waals surface area (Å²) in [7, 11) is 1.77. The Morgan fingerprint density at radius 2 is 2.15 bits per heavy atom. The van der Waals surface area contributed by atoms with E-state index in [1.165, 1.54) is 0 Å². The Bertz CT molecular complexity index is 762. The zero-order valence-corrected chi connectivity index (χ0v) is 16.3. The van der Waals surface area contributed by atoms with Gasteiger partial charge in [-0.2, -0.15) is 0 Å². The normalized spacial score (nSPS) is 15.6. The number of carbonyl (C=O) groups is 1. The molecule has 0 fully saturated rings. The number of urea groups is 1. The highest BCUT2D eigenvalue weighted by molar-refractivity contribution is 7.11. The monoisotopic (exact) mass is 375 g/mol. The van der Waals surface area contributed by atoms with Crippen LogP contribution in [-0.2, 0) is 13.0 Å². The molecule has 1 aromatic carbocycles. The van der Waals surface area contributed by atoms with Gasteiger partial charge in [-0.25, -0.2) is 9.78 Å². The van der Waals surface area contributed by atoms with Crippen molar-refractivity contribution in [1.29, 1.82) is 0 Å². The zero-order valence-electron chi connectivity index (χ0n) is 15.4. The molecule has 1 atom stereocenters. The van der Waals surface area contributed by atoms with Gasteiger partial charge in [-0.05, 0) is 31.9 Å². The summed E-state index contributed by atoms with van der Waals surface area (Å²) < 4.78 is 11.6. The fourth-order valence-electron chi connectivity index (χ4n) is 2.81. The van der Waals surface area contributed by atoms with Crippen LogP contribution in [0.5, 0.6) is 11.5 Å². The highest BCUT2D eigenvalue weighted by Crippen LogP contribution is 2.30. The molecule has 7 heteroatoms. The molecule has 26 heavy (non-hydrogen) atoms. The Morgan fingerprint density at radius 3 is 2.92 bits per heavy atom. The van der Waals surface area contributed by atoms with Crippen LogP contribution in [0, 0.1) is 6.92 Å². The molecule has 2 amide bonds. The lowest BCUT2D eigenvalue weighted by atomic mass is 10.2. The lowest BCUT2D eigenvalue weighted by Crippen LogP contribution is -2.45. The van der Waals surface area contributed by atoms with Crippen LogP contribution in [0.1, 0.15) is 28.9 Å². The maximum Gasteiger partial charge on any atom is 0.317 e.